The third-order valence-corrected chi connectivity index (χ3v) is 2.67. The molecule has 5 nitrogen and oxygen atoms in total. The lowest BCUT2D eigenvalue weighted by molar-refractivity contribution is -0.118. The molecular weight excluding hydrogens is 275 g/mol. The average Bonchev–Trinajstić information content (AvgIpc) is 2.47. The molecule has 0 radical (unpaired) electrons. The summed E-state index contributed by atoms with van der Waals surface area (Å²) >= 11 is 0. The van der Waals surface area contributed by atoms with Crippen LogP contribution in [0.3, 0.4) is 0 Å². The number of benzene rings is 2. The number of carbonyl (C=O) groups excluding carboxylic acids is 1. The number of methoxy groups -OCH3 is 1. The summed E-state index contributed by atoms with van der Waals surface area (Å²) in [5.41, 5.74) is 6.64. The number of nitrogens with two attached hydrogens (primary N) is 1. The maximum absolute atomic E-state index is 13.0. The van der Waals surface area contributed by atoms with Crippen LogP contribution in [0.5, 0.6) is 11.5 Å². The van der Waals surface area contributed by atoms with Gasteiger partial charge >= 0.3 is 0 Å². The van der Waals surface area contributed by atoms with E-state index in [1.54, 1.807) is 24.3 Å². The van der Waals surface area contributed by atoms with Gasteiger partial charge in [-0.1, -0.05) is 6.07 Å². The second-order valence-electron chi connectivity index (χ2n) is 4.25. The first-order valence-electron chi connectivity index (χ1n) is 6.20. The Morgan fingerprint density at radius 2 is 2.10 bits per heavy atom. The maximum atomic E-state index is 13.0. The van der Waals surface area contributed by atoms with E-state index in [1.165, 1.54) is 25.3 Å². The number of halogens is 1. The Bertz CT molecular complexity index is 647. The zero-order valence-corrected chi connectivity index (χ0v) is 11.4. The lowest BCUT2D eigenvalue weighted by Gasteiger charge is -2.11. The van der Waals surface area contributed by atoms with Gasteiger partial charge in [-0.05, 0) is 24.3 Å². The Balaban J connectivity index is 1.96. The Kier molecular flexibility index (Phi) is 4.61. The molecule has 0 heterocycles. The van der Waals surface area contributed by atoms with E-state index in [2.05, 4.69) is 5.32 Å². The molecule has 0 saturated carbocycles. The minimum atomic E-state index is -0.423. The number of carbonyl (C=O) groups is 1. The molecule has 2 rings (SSSR count). The maximum Gasteiger partial charge on any atom is 0.262 e. The molecule has 2 aromatic carbocycles. The van der Waals surface area contributed by atoms with Crippen LogP contribution in [-0.2, 0) is 4.79 Å². The van der Waals surface area contributed by atoms with Crippen LogP contribution >= 0.6 is 0 Å². The number of hydrogen-bond donors (Lipinski definition) is 2. The van der Waals surface area contributed by atoms with Crippen LogP contribution in [0.4, 0.5) is 15.8 Å². The molecule has 0 aliphatic carbocycles. The highest BCUT2D eigenvalue weighted by atomic mass is 19.1. The van der Waals surface area contributed by atoms with Crippen molar-refractivity contribution in [3.05, 3.63) is 48.3 Å². The lowest BCUT2D eigenvalue weighted by Crippen LogP contribution is -2.20. The minimum absolute atomic E-state index is 0.239. The van der Waals surface area contributed by atoms with Crippen molar-refractivity contribution in [3.8, 4) is 11.5 Å². The van der Waals surface area contributed by atoms with Crippen LogP contribution in [0.15, 0.2) is 42.5 Å². The van der Waals surface area contributed by atoms with Crippen molar-refractivity contribution in [1.29, 1.82) is 0 Å². The van der Waals surface area contributed by atoms with Crippen LogP contribution in [0, 0.1) is 5.82 Å². The zero-order valence-electron chi connectivity index (χ0n) is 11.4. The first-order chi connectivity index (χ1) is 10.1. The van der Waals surface area contributed by atoms with Gasteiger partial charge in [-0.3, -0.25) is 4.79 Å². The summed E-state index contributed by atoms with van der Waals surface area (Å²) in [5, 5.41) is 2.64. The number of hydrogen-bond acceptors (Lipinski definition) is 4. The Hall–Kier alpha value is -2.76. The lowest BCUT2D eigenvalue weighted by atomic mass is 10.2. The molecule has 110 valence electrons. The SMILES string of the molecule is COc1cc(N)ccc1NC(=O)COc1cccc(F)c1. The third kappa shape index (κ3) is 4.10. The molecule has 21 heavy (non-hydrogen) atoms. The molecule has 0 bridgehead atoms. The first kappa shape index (κ1) is 14.6. The summed E-state index contributed by atoms with van der Waals surface area (Å²) in [5.74, 6) is -0.0704. The fourth-order valence-electron chi connectivity index (χ4n) is 1.70. The van der Waals surface area contributed by atoms with Gasteiger partial charge in [-0.25, -0.2) is 4.39 Å². The fraction of sp³-hybridized carbons (Fsp3) is 0.133. The van der Waals surface area contributed by atoms with Gasteiger partial charge in [0.05, 0.1) is 12.8 Å². The Morgan fingerprint density at radius 3 is 2.81 bits per heavy atom. The molecule has 0 fully saturated rings. The van der Waals surface area contributed by atoms with E-state index < -0.39 is 5.82 Å². The third-order valence-electron chi connectivity index (χ3n) is 2.67. The predicted octanol–water partition coefficient (Wildman–Crippen LogP) is 2.43. The van der Waals surface area contributed by atoms with Crippen molar-refractivity contribution in [2.45, 2.75) is 0 Å². The molecular formula is C15H15FN2O3. The highest BCUT2D eigenvalue weighted by Gasteiger charge is 2.09. The average molecular weight is 290 g/mol. The summed E-state index contributed by atoms with van der Waals surface area (Å²) < 4.78 is 23.3. The number of nitrogen functional groups attached to an aromatic ring is 1. The number of amides is 1. The summed E-state index contributed by atoms with van der Waals surface area (Å²) in [6.45, 7) is -0.239. The predicted molar refractivity (Wildman–Crippen MR) is 77.9 cm³/mol. The second-order valence-corrected chi connectivity index (χ2v) is 4.25. The minimum Gasteiger partial charge on any atom is -0.494 e. The van der Waals surface area contributed by atoms with Crippen LogP contribution in [0.25, 0.3) is 0 Å². The largest absolute Gasteiger partial charge is 0.494 e. The molecule has 0 saturated heterocycles. The summed E-state index contributed by atoms with van der Waals surface area (Å²) in [6, 6.07) is 10.5. The van der Waals surface area contributed by atoms with Gasteiger partial charge in [-0.2, -0.15) is 0 Å². The van der Waals surface area contributed by atoms with Gasteiger partial charge in [-0.15, -0.1) is 0 Å². The highest BCUT2D eigenvalue weighted by molar-refractivity contribution is 5.93. The molecule has 0 aliphatic rings. The van der Waals surface area contributed by atoms with E-state index in [0.717, 1.165) is 0 Å². The Morgan fingerprint density at radius 1 is 1.29 bits per heavy atom. The van der Waals surface area contributed by atoms with E-state index in [4.69, 9.17) is 15.2 Å². The molecule has 0 aromatic heterocycles. The van der Waals surface area contributed by atoms with Crippen LogP contribution in [0.1, 0.15) is 0 Å². The van der Waals surface area contributed by atoms with Crippen molar-refractivity contribution >= 4 is 17.3 Å². The van der Waals surface area contributed by atoms with Crippen molar-refractivity contribution in [2.75, 3.05) is 24.8 Å². The van der Waals surface area contributed by atoms with E-state index in [1.807, 2.05) is 0 Å². The quantitative estimate of drug-likeness (QED) is 0.829. The summed E-state index contributed by atoms with van der Waals surface area (Å²) in [4.78, 5) is 11.8. The molecule has 0 aliphatic heterocycles. The zero-order chi connectivity index (χ0) is 15.2. The highest BCUT2D eigenvalue weighted by Crippen LogP contribution is 2.26. The molecule has 0 unspecified atom stereocenters. The normalized spacial score (nSPS) is 10.0. The van der Waals surface area contributed by atoms with Gasteiger partial charge < -0.3 is 20.5 Å². The van der Waals surface area contributed by atoms with Gasteiger partial charge in [0.15, 0.2) is 6.61 Å². The molecule has 3 N–H and O–H groups in total. The number of nitrogens with one attached hydrogen (secondary N) is 1. The topological polar surface area (TPSA) is 73.6 Å². The van der Waals surface area contributed by atoms with E-state index in [0.29, 0.717) is 17.1 Å². The summed E-state index contributed by atoms with van der Waals surface area (Å²) in [7, 11) is 1.48. The molecule has 0 atom stereocenters. The molecule has 2 aromatic rings. The van der Waals surface area contributed by atoms with Gasteiger partial charge in [0, 0.05) is 17.8 Å². The summed E-state index contributed by atoms with van der Waals surface area (Å²) in [6.07, 6.45) is 0. The van der Waals surface area contributed by atoms with Crippen LogP contribution in [0.2, 0.25) is 0 Å². The molecule has 1 amide bonds. The molecule has 6 heteroatoms. The number of ether oxygens (including phenoxy) is 2. The van der Waals surface area contributed by atoms with E-state index in [9.17, 15) is 9.18 Å². The van der Waals surface area contributed by atoms with Crippen molar-refractivity contribution in [3.63, 3.8) is 0 Å². The van der Waals surface area contributed by atoms with Gasteiger partial charge in [0.2, 0.25) is 0 Å². The Labute approximate surface area is 121 Å². The van der Waals surface area contributed by atoms with Crippen molar-refractivity contribution < 1.29 is 18.7 Å². The monoisotopic (exact) mass is 290 g/mol. The number of rotatable bonds is 5. The fourth-order valence-corrected chi connectivity index (χ4v) is 1.70. The van der Waals surface area contributed by atoms with E-state index >= 15 is 0 Å². The number of anilines is 2. The second kappa shape index (κ2) is 6.60. The smallest absolute Gasteiger partial charge is 0.262 e. The van der Waals surface area contributed by atoms with Gasteiger partial charge in [0.1, 0.15) is 17.3 Å². The molecule has 0 spiro atoms. The van der Waals surface area contributed by atoms with Crippen molar-refractivity contribution in [2.24, 2.45) is 0 Å². The standard InChI is InChI=1S/C15H15FN2O3/c1-20-14-8-11(17)5-6-13(14)18-15(19)9-21-12-4-2-3-10(16)7-12/h2-8H,9,17H2,1H3,(H,18,19). The van der Waals surface area contributed by atoms with E-state index in [-0.39, 0.29) is 18.3 Å². The first-order valence-corrected chi connectivity index (χ1v) is 6.20. The van der Waals surface area contributed by atoms with Crippen LogP contribution in [-0.4, -0.2) is 19.6 Å². The van der Waals surface area contributed by atoms with Gasteiger partial charge in [0.25, 0.3) is 5.91 Å². The van der Waals surface area contributed by atoms with Crippen LogP contribution < -0.4 is 20.5 Å². The van der Waals surface area contributed by atoms with Crippen molar-refractivity contribution in [1.82, 2.24) is 0 Å².